The van der Waals surface area contributed by atoms with Gasteiger partial charge in [-0.05, 0) is 24.9 Å². The van der Waals surface area contributed by atoms with Crippen molar-refractivity contribution >= 4 is 18.4 Å². The van der Waals surface area contributed by atoms with Crippen LogP contribution in [0.3, 0.4) is 0 Å². The molecular weight excluding hydrogens is 158 g/mol. The topological polar surface area (TPSA) is 69.9 Å². The van der Waals surface area contributed by atoms with E-state index in [1.807, 2.05) is 0 Å². The Morgan fingerprint density at radius 2 is 2.17 bits per heavy atom. The summed E-state index contributed by atoms with van der Waals surface area (Å²) < 4.78 is 0. The van der Waals surface area contributed by atoms with Gasteiger partial charge in [0.15, 0.2) is 0 Å². The molecule has 0 radical (unpaired) electrons. The van der Waals surface area contributed by atoms with Gasteiger partial charge in [-0.2, -0.15) is 0 Å². The molecule has 0 spiro atoms. The highest BCUT2D eigenvalue weighted by atomic mass is 16.4. The molecule has 0 amide bonds. The minimum atomic E-state index is -1.18. The third-order valence-electron chi connectivity index (χ3n) is 1.39. The molecule has 0 aliphatic carbocycles. The molecule has 12 heavy (non-hydrogen) atoms. The number of aromatic hydroxyl groups is 1. The first kappa shape index (κ1) is 8.26. The van der Waals surface area contributed by atoms with Gasteiger partial charge in [0, 0.05) is 0 Å². The standard InChI is InChI=1S/C8H7NO3/c1-9-5-2-3-7(10)6(4-5)8(11)12/h2-4,10H,1H2,(H,11,12). The summed E-state index contributed by atoms with van der Waals surface area (Å²) in [6, 6.07) is 4.01. The number of carbonyl (C=O) groups is 1. The van der Waals surface area contributed by atoms with Crippen molar-refractivity contribution in [3.05, 3.63) is 23.8 Å². The molecule has 0 aliphatic rings. The van der Waals surface area contributed by atoms with Crippen LogP contribution in [0, 0.1) is 0 Å². The molecule has 1 rings (SSSR count). The van der Waals surface area contributed by atoms with Crippen LogP contribution < -0.4 is 0 Å². The smallest absolute Gasteiger partial charge is 0.339 e. The summed E-state index contributed by atoms with van der Waals surface area (Å²) in [5.41, 5.74) is 0.255. The fraction of sp³-hybridized carbons (Fsp3) is 0. The van der Waals surface area contributed by atoms with Gasteiger partial charge in [-0.3, -0.25) is 4.99 Å². The first-order chi connectivity index (χ1) is 5.65. The fourth-order valence-electron chi connectivity index (χ4n) is 0.794. The van der Waals surface area contributed by atoms with E-state index in [-0.39, 0.29) is 11.3 Å². The van der Waals surface area contributed by atoms with E-state index in [1.54, 1.807) is 0 Å². The summed E-state index contributed by atoms with van der Waals surface area (Å²) in [6.45, 7) is 3.24. The minimum absolute atomic E-state index is 0.167. The van der Waals surface area contributed by atoms with Crippen LogP contribution in [0.2, 0.25) is 0 Å². The molecule has 0 atom stereocenters. The monoisotopic (exact) mass is 165 g/mol. The van der Waals surface area contributed by atoms with Crippen LogP contribution in [-0.2, 0) is 0 Å². The van der Waals surface area contributed by atoms with Crippen LogP contribution >= 0.6 is 0 Å². The summed E-state index contributed by atoms with van der Waals surface area (Å²) in [5, 5.41) is 17.6. The zero-order valence-corrected chi connectivity index (χ0v) is 6.19. The second-order valence-electron chi connectivity index (χ2n) is 2.16. The Balaban J connectivity index is 3.25. The van der Waals surface area contributed by atoms with E-state index in [2.05, 4.69) is 11.7 Å². The van der Waals surface area contributed by atoms with Crippen LogP contribution in [0.5, 0.6) is 5.75 Å². The highest BCUT2D eigenvalue weighted by Crippen LogP contribution is 2.22. The third-order valence-corrected chi connectivity index (χ3v) is 1.39. The first-order valence-electron chi connectivity index (χ1n) is 3.18. The lowest BCUT2D eigenvalue weighted by Crippen LogP contribution is -1.95. The third kappa shape index (κ3) is 1.42. The minimum Gasteiger partial charge on any atom is -0.507 e. The molecule has 0 saturated carbocycles. The van der Waals surface area contributed by atoms with Crippen molar-refractivity contribution in [3.8, 4) is 5.75 Å². The van der Waals surface area contributed by atoms with Crippen molar-refractivity contribution in [2.45, 2.75) is 0 Å². The predicted octanol–water partition coefficient (Wildman–Crippen LogP) is 1.42. The van der Waals surface area contributed by atoms with E-state index in [1.165, 1.54) is 18.2 Å². The SMILES string of the molecule is C=Nc1ccc(O)c(C(=O)O)c1. The molecule has 0 saturated heterocycles. The lowest BCUT2D eigenvalue weighted by Gasteiger charge is -1.99. The Morgan fingerprint density at radius 3 is 2.67 bits per heavy atom. The number of carboxylic acids is 1. The fourth-order valence-corrected chi connectivity index (χ4v) is 0.794. The highest BCUT2D eigenvalue weighted by Gasteiger charge is 2.08. The number of carboxylic acid groups (broad SMARTS) is 1. The average Bonchev–Trinajstić information content (AvgIpc) is 2.05. The van der Waals surface area contributed by atoms with Crippen molar-refractivity contribution < 1.29 is 15.0 Å². The zero-order chi connectivity index (χ0) is 9.14. The summed E-state index contributed by atoms with van der Waals surface area (Å²) in [6.07, 6.45) is 0. The van der Waals surface area contributed by atoms with Crippen molar-refractivity contribution in [2.24, 2.45) is 4.99 Å². The second kappa shape index (κ2) is 3.04. The van der Waals surface area contributed by atoms with Crippen LogP contribution in [0.25, 0.3) is 0 Å². The number of nitrogens with zero attached hydrogens (tertiary/aromatic N) is 1. The summed E-state index contributed by atoms with van der Waals surface area (Å²) >= 11 is 0. The van der Waals surface area contributed by atoms with Crippen LogP contribution in [0.15, 0.2) is 23.2 Å². The van der Waals surface area contributed by atoms with Crippen molar-refractivity contribution in [1.29, 1.82) is 0 Å². The van der Waals surface area contributed by atoms with E-state index < -0.39 is 5.97 Å². The van der Waals surface area contributed by atoms with Gasteiger partial charge < -0.3 is 10.2 Å². The maximum Gasteiger partial charge on any atom is 0.339 e. The Hall–Kier alpha value is -1.84. The highest BCUT2D eigenvalue weighted by molar-refractivity contribution is 5.91. The van der Waals surface area contributed by atoms with E-state index in [0.717, 1.165) is 0 Å². The van der Waals surface area contributed by atoms with E-state index in [9.17, 15) is 4.79 Å². The number of benzene rings is 1. The summed E-state index contributed by atoms with van der Waals surface area (Å²) in [5.74, 6) is -1.45. The Morgan fingerprint density at radius 1 is 1.50 bits per heavy atom. The molecule has 1 aromatic rings. The maximum absolute atomic E-state index is 10.5. The predicted molar refractivity (Wildman–Crippen MR) is 44.3 cm³/mol. The number of aliphatic imine (C=N–C) groups is 1. The Kier molecular flexibility index (Phi) is 2.09. The van der Waals surface area contributed by atoms with Crippen molar-refractivity contribution in [1.82, 2.24) is 0 Å². The van der Waals surface area contributed by atoms with Gasteiger partial charge in [0.1, 0.15) is 11.3 Å². The normalized spacial score (nSPS) is 9.33. The molecule has 0 bridgehead atoms. The molecular formula is C8H7NO3. The van der Waals surface area contributed by atoms with Crippen LogP contribution in [0.1, 0.15) is 10.4 Å². The number of rotatable bonds is 2. The number of aromatic carboxylic acids is 1. The second-order valence-corrected chi connectivity index (χ2v) is 2.16. The van der Waals surface area contributed by atoms with Gasteiger partial charge in [-0.1, -0.05) is 0 Å². The number of hydrogen-bond acceptors (Lipinski definition) is 3. The van der Waals surface area contributed by atoms with Crippen molar-refractivity contribution in [3.63, 3.8) is 0 Å². The van der Waals surface area contributed by atoms with E-state index in [0.29, 0.717) is 5.69 Å². The Labute approximate surface area is 68.8 Å². The number of phenols is 1. The zero-order valence-electron chi connectivity index (χ0n) is 6.19. The molecule has 0 unspecified atom stereocenters. The molecule has 62 valence electrons. The van der Waals surface area contributed by atoms with Crippen molar-refractivity contribution in [2.75, 3.05) is 0 Å². The van der Waals surface area contributed by atoms with Gasteiger partial charge in [0.05, 0.1) is 5.69 Å². The van der Waals surface area contributed by atoms with Gasteiger partial charge in [0.25, 0.3) is 0 Å². The molecule has 0 aliphatic heterocycles. The van der Waals surface area contributed by atoms with E-state index >= 15 is 0 Å². The largest absolute Gasteiger partial charge is 0.507 e. The lowest BCUT2D eigenvalue weighted by molar-refractivity contribution is 0.0694. The van der Waals surface area contributed by atoms with Gasteiger partial charge in [0.2, 0.25) is 0 Å². The van der Waals surface area contributed by atoms with Gasteiger partial charge in [-0.25, -0.2) is 4.79 Å². The molecule has 0 fully saturated rings. The van der Waals surface area contributed by atoms with Crippen LogP contribution in [0.4, 0.5) is 5.69 Å². The molecule has 2 N–H and O–H groups in total. The first-order valence-corrected chi connectivity index (χ1v) is 3.18. The van der Waals surface area contributed by atoms with Gasteiger partial charge >= 0.3 is 5.97 Å². The molecule has 0 heterocycles. The summed E-state index contributed by atoms with van der Waals surface area (Å²) in [4.78, 5) is 14.0. The van der Waals surface area contributed by atoms with Crippen LogP contribution in [-0.4, -0.2) is 22.9 Å². The quantitative estimate of drug-likeness (QED) is 0.651. The van der Waals surface area contributed by atoms with Gasteiger partial charge in [-0.15, -0.1) is 0 Å². The molecule has 4 nitrogen and oxygen atoms in total. The maximum atomic E-state index is 10.5. The molecule has 1 aromatic carbocycles. The molecule has 4 heteroatoms. The average molecular weight is 165 g/mol. The summed E-state index contributed by atoms with van der Waals surface area (Å²) in [7, 11) is 0. The Bertz CT molecular complexity index is 333. The number of hydrogen-bond donors (Lipinski definition) is 2. The van der Waals surface area contributed by atoms with E-state index in [4.69, 9.17) is 10.2 Å². The molecule has 0 aromatic heterocycles. The lowest BCUT2D eigenvalue weighted by atomic mass is 10.2.